The molecule has 1 saturated carbocycles. The van der Waals surface area contributed by atoms with Crippen molar-refractivity contribution in [1.82, 2.24) is 5.32 Å². The molecule has 1 aromatic heterocycles. The highest BCUT2D eigenvalue weighted by Crippen LogP contribution is 2.24. The van der Waals surface area contributed by atoms with Crippen LogP contribution in [0.3, 0.4) is 0 Å². The monoisotopic (exact) mass is 358 g/mol. The van der Waals surface area contributed by atoms with Gasteiger partial charge in [-0.15, -0.1) is 0 Å². The highest BCUT2D eigenvalue weighted by atomic mass is 16.5. The van der Waals surface area contributed by atoms with Crippen molar-refractivity contribution < 1.29 is 13.9 Å². The van der Waals surface area contributed by atoms with E-state index in [1.54, 1.807) is 13.2 Å². The Kier molecular flexibility index (Phi) is 5.61. The first-order chi connectivity index (χ1) is 12.5. The van der Waals surface area contributed by atoms with E-state index < -0.39 is 0 Å². The number of carbonyl (C=O) groups is 1. The zero-order chi connectivity index (χ0) is 18.7. The van der Waals surface area contributed by atoms with Crippen molar-refractivity contribution in [1.29, 1.82) is 0 Å². The third kappa shape index (κ3) is 4.07. The Morgan fingerprint density at radius 2 is 2.04 bits per heavy atom. The number of methoxy groups -OCH3 is 1. The average molecular weight is 358 g/mol. The molecule has 6 heteroatoms. The summed E-state index contributed by atoms with van der Waals surface area (Å²) in [6, 6.07) is 5.87. The van der Waals surface area contributed by atoms with E-state index in [-0.39, 0.29) is 30.0 Å². The molecule has 3 N–H and O–H groups in total. The van der Waals surface area contributed by atoms with Crippen molar-refractivity contribution in [2.24, 2.45) is 5.73 Å². The molecule has 0 unspecified atom stereocenters. The van der Waals surface area contributed by atoms with E-state index >= 15 is 0 Å². The highest BCUT2D eigenvalue weighted by Gasteiger charge is 2.20. The lowest BCUT2D eigenvalue weighted by molar-refractivity contribution is -0.122. The molecule has 1 aromatic carbocycles. The van der Waals surface area contributed by atoms with Crippen LogP contribution in [0.5, 0.6) is 5.75 Å². The van der Waals surface area contributed by atoms with Gasteiger partial charge >= 0.3 is 5.63 Å². The van der Waals surface area contributed by atoms with Crippen LogP contribution in [-0.2, 0) is 11.2 Å². The van der Waals surface area contributed by atoms with Gasteiger partial charge in [-0.05, 0) is 56.7 Å². The van der Waals surface area contributed by atoms with Crippen LogP contribution >= 0.6 is 0 Å². The Morgan fingerprint density at radius 1 is 1.31 bits per heavy atom. The third-order valence-corrected chi connectivity index (χ3v) is 5.23. The van der Waals surface area contributed by atoms with Gasteiger partial charge in [-0.1, -0.05) is 0 Å². The van der Waals surface area contributed by atoms with Gasteiger partial charge in [-0.25, -0.2) is 4.79 Å². The van der Waals surface area contributed by atoms with Crippen molar-refractivity contribution in [3.8, 4) is 5.75 Å². The first-order valence-corrected chi connectivity index (χ1v) is 9.13. The van der Waals surface area contributed by atoms with E-state index in [2.05, 4.69) is 5.32 Å². The topological polar surface area (TPSA) is 94.6 Å². The van der Waals surface area contributed by atoms with Crippen LogP contribution < -0.4 is 21.4 Å². The molecule has 0 aliphatic heterocycles. The lowest BCUT2D eigenvalue weighted by Gasteiger charge is -2.26. The summed E-state index contributed by atoms with van der Waals surface area (Å²) < 4.78 is 10.6. The second-order valence-electron chi connectivity index (χ2n) is 7.03. The summed E-state index contributed by atoms with van der Waals surface area (Å²) in [5, 5.41) is 3.92. The summed E-state index contributed by atoms with van der Waals surface area (Å²) in [7, 11) is 1.57. The quantitative estimate of drug-likeness (QED) is 0.801. The Bertz CT molecular complexity index is 851. The highest BCUT2D eigenvalue weighted by molar-refractivity contribution is 5.82. The van der Waals surface area contributed by atoms with E-state index in [1.807, 2.05) is 19.1 Å². The third-order valence-electron chi connectivity index (χ3n) is 5.23. The van der Waals surface area contributed by atoms with Crippen LogP contribution in [-0.4, -0.2) is 25.1 Å². The predicted octanol–water partition coefficient (Wildman–Crippen LogP) is 2.43. The van der Waals surface area contributed by atoms with Gasteiger partial charge in [0.25, 0.3) is 0 Å². The van der Waals surface area contributed by atoms with Gasteiger partial charge in [0.1, 0.15) is 11.3 Å². The minimum atomic E-state index is -0.389. The molecule has 1 fully saturated rings. The number of nitrogens with two attached hydrogens (primary N) is 1. The second-order valence-corrected chi connectivity index (χ2v) is 7.03. The van der Waals surface area contributed by atoms with Crippen LogP contribution in [0.1, 0.15) is 43.2 Å². The van der Waals surface area contributed by atoms with Crippen molar-refractivity contribution in [2.75, 3.05) is 7.11 Å². The molecular formula is C20H26N2O4. The van der Waals surface area contributed by atoms with Crippen LogP contribution in [0.4, 0.5) is 0 Å². The van der Waals surface area contributed by atoms with Gasteiger partial charge in [0, 0.05) is 35.5 Å². The summed E-state index contributed by atoms with van der Waals surface area (Å²) in [6.45, 7) is 1.89. The van der Waals surface area contributed by atoms with Gasteiger partial charge in [-0.3, -0.25) is 4.79 Å². The Morgan fingerprint density at radius 3 is 2.73 bits per heavy atom. The number of nitrogens with one attached hydrogen (secondary N) is 1. The van der Waals surface area contributed by atoms with Crippen LogP contribution in [0.25, 0.3) is 11.0 Å². The first-order valence-electron chi connectivity index (χ1n) is 9.13. The van der Waals surface area contributed by atoms with Crippen LogP contribution in [0.2, 0.25) is 0 Å². The number of aryl methyl sites for hydroxylation is 1. The number of fused-ring (bicyclic) bond motifs is 1. The summed E-state index contributed by atoms with van der Waals surface area (Å²) in [6.07, 6.45) is 4.38. The number of rotatable bonds is 5. The minimum Gasteiger partial charge on any atom is -0.497 e. The molecule has 6 nitrogen and oxygen atoms in total. The van der Waals surface area contributed by atoms with Crippen molar-refractivity contribution in [3.63, 3.8) is 0 Å². The molecule has 0 atom stereocenters. The molecular weight excluding hydrogens is 332 g/mol. The van der Waals surface area contributed by atoms with Crippen molar-refractivity contribution in [2.45, 2.75) is 57.5 Å². The number of hydrogen-bond donors (Lipinski definition) is 2. The fourth-order valence-corrected chi connectivity index (χ4v) is 3.59. The van der Waals surface area contributed by atoms with Gasteiger partial charge in [0.05, 0.1) is 7.11 Å². The van der Waals surface area contributed by atoms with E-state index in [0.29, 0.717) is 23.3 Å². The summed E-state index contributed by atoms with van der Waals surface area (Å²) in [4.78, 5) is 24.6. The normalized spacial score (nSPS) is 20.1. The van der Waals surface area contributed by atoms with E-state index in [0.717, 1.165) is 36.6 Å². The van der Waals surface area contributed by atoms with E-state index in [9.17, 15) is 9.59 Å². The first kappa shape index (κ1) is 18.5. The maximum atomic E-state index is 12.3. The standard InChI is InChI=1S/C20H26N2O4/c1-12-16-8-7-15(25-2)11-18(16)26-20(24)17(12)9-10-19(23)22-14-5-3-13(21)4-6-14/h7-8,11,13-14H,3-6,9-10,21H2,1-2H3,(H,22,23). The number of carbonyl (C=O) groups excluding carboxylic acids is 1. The van der Waals surface area contributed by atoms with Gasteiger partial charge < -0.3 is 20.2 Å². The molecule has 0 saturated heterocycles. The molecule has 2 aromatic rings. The summed E-state index contributed by atoms with van der Waals surface area (Å²) in [5.41, 5.74) is 7.42. The van der Waals surface area contributed by atoms with Crippen LogP contribution in [0.15, 0.2) is 27.4 Å². The van der Waals surface area contributed by atoms with Crippen molar-refractivity contribution >= 4 is 16.9 Å². The molecule has 3 rings (SSSR count). The smallest absolute Gasteiger partial charge is 0.339 e. The lowest BCUT2D eigenvalue weighted by Crippen LogP contribution is -2.40. The lowest BCUT2D eigenvalue weighted by atomic mass is 9.91. The molecule has 1 aliphatic rings. The van der Waals surface area contributed by atoms with Gasteiger partial charge in [-0.2, -0.15) is 0 Å². The maximum Gasteiger partial charge on any atom is 0.339 e. The zero-order valence-corrected chi connectivity index (χ0v) is 15.3. The van der Waals surface area contributed by atoms with Gasteiger partial charge in [0.2, 0.25) is 5.91 Å². The molecule has 1 heterocycles. The molecule has 140 valence electrons. The summed E-state index contributed by atoms with van der Waals surface area (Å²) >= 11 is 0. The molecule has 1 amide bonds. The zero-order valence-electron chi connectivity index (χ0n) is 15.3. The fraction of sp³-hybridized carbons (Fsp3) is 0.500. The fourth-order valence-electron chi connectivity index (χ4n) is 3.59. The van der Waals surface area contributed by atoms with Crippen molar-refractivity contribution in [3.05, 3.63) is 39.7 Å². The molecule has 0 bridgehead atoms. The number of hydrogen-bond acceptors (Lipinski definition) is 5. The molecule has 1 aliphatic carbocycles. The molecule has 0 spiro atoms. The van der Waals surface area contributed by atoms with E-state index in [4.69, 9.17) is 14.9 Å². The summed E-state index contributed by atoms with van der Waals surface area (Å²) in [5.74, 6) is 0.610. The number of benzene rings is 1. The molecule has 0 radical (unpaired) electrons. The second kappa shape index (κ2) is 7.91. The maximum absolute atomic E-state index is 12.3. The Balaban J connectivity index is 1.68. The van der Waals surface area contributed by atoms with Crippen LogP contribution in [0, 0.1) is 6.92 Å². The molecule has 26 heavy (non-hydrogen) atoms. The predicted molar refractivity (Wildman–Crippen MR) is 100 cm³/mol. The van der Waals surface area contributed by atoms with Gasteiger partial charge in [0.15, 0.2) is 0 Å². The SMILES string of the molecule is COc1ccc2c(C)c(CCC(=O)NC3CCC(N)CC3)c(=O)oc2c1. The largest absolute Gasteiger partial charge is 0.497 e. The Hall–Kier alpha value is -2.34. The number of ether oxygens (including phenoxy) is 1. The van der Waals surface area contributed by atoms with E-state index in [1.165, 1.54) is 0 Å². The average Bonchev–Trinajstić information content (AvgIpc) is 2.63. The minimum absolute atomic E-state index is 0.0286. The number of amides is 1. The Labute approximate surface area is 152 Å².